The molecule has 1 aromatic carbocycles. The van der Waals surface area contributed by atoms with Crippen LogP contribution in [0.1, 0.15) is 5.82 Å². The van der Waals surface area contributed by atoms with Crippen LogP contribution in [0.2, 0.25) is 0 Å². The Morgan fingerprint density at radius 1 is 1.33 bits per heavy atom. The first-order chi connectivity index (χ1) is 8.35. The molecule has 0 unspecified atom stereocenters. The van der Waals surface area contributed by atoms with Gasteiger partial charge >= 0.3 is 6.18 Å². The van der Waals surface area contributed by atoms with Crippen molar-refractivity contribution in [3.63, 3.8) is 0 Å². The van der Waals surface area contributed by atoms with E-state index in [1.165, 1.54) is 18.2 Å². The Morgan fingerprint density at radius 3 is 2.67 bits per heavy atom. The topological polar surface area (TPSA) is 85.2 Å². The largest absolute Gasteiger partial charge is 0.506 e. The zero-order valence-corrected chi connectivity index (χ0v) is 8.90. The summed E-state index contributed by atoms with van der Waals surface area (Å²) in [4.78, 5) is 3.60. The fourth-order valence-electron chi connectivity index (χ4n) is 1.31. The lowest BCUT2D eigenvalue weighted by Crippen LogP contribution is -2.12. The van der Waals surface area contributed by atoms with Crippen LogP contribution in [-0.4, -0.2) is 21.4 Å². The van der Waals surface area contributed by atoms with E-state index in [0.29, 0.717) is 5.56 Å². The number of alkyl halides is 3. The van der Waals surface area contributed by atoms with Crippen LogP contribution in [0.4, 0.5) is 18.9 Å². The van der Waals surface area contributed by atoms with Crippen LogP contribution in [0.25, 0.3) is 11.5 Å². The summed E-state index contributed by atoms with van der Waals surface area (Å²) in [6, 6.07) is 4.04. The Balaban J connectivity index is 2.26. The summed E-state index contributed by atoms with van der Waals surface area (Å²) < 4.78 is 41.0. The molecule has 96 valence electrons. The van der Waals surface area contributed by atoms with E-state index in [0.717, 1.165) is 0 Å². The van der Waals surface area contributed by atoms with E-state index < -0.39 is 18.4 Å². The maximum Gasteiger partial charge on any atom is 0.396 e. The van der Waals surface area contributed by atoms with Crippen LogP contribution in [0.15, 0.2) is 22.7 Å². The van der Waals surface area contributed by atoms with E-state index in [-0.39, 0.29) is 17.3 Å². The van der Waals surface area contributed by atoms with Crippen molar-refractivity contribution >= 4 is 5.69 Å². The number of phenols is 1. The Labute approximate surface area is 99.0 Å². The molecule has 5 nitrogen and oxygen atoms in total. The highest BCUT2D eigenvalue weighted by molar-refractivity contribution is 5.64. The lowest BCUT2D eigenvalue weighted by Gasteiger charge is -2.00. The van der Waals surface area contributed by atoms with Gasteiger partial charge in [0.15, 0.2) is 5.82 Å². The van der Waals surface area contributed by atoms with Gasteiger partial charge in [-0.3, -0.25) is 0 Å². The molecule has 1 heterocycles. The Bertz CT molecular complexity index is 566. The monoisotopic (exact) mass is 259 g/mol. The minimum atomic E-state index is -4.39. The summed E-state index contributed by atoms with van der Waals surface area (Å²) in [5.74, 6) is -0.668. The van der Waals surface area contributed by atoms with Crippen LogP contribution in [0, 0.1) is 0 Å². The Hall–Kier alpha value is -2.25. The fraction of sp³-hybridized carbons (Fsp3) is 0.200. The van der Waals surface area contributed by atoms with Gasteiger partial charge in [0.05, 0.1) is 5.69 Å². The molecule has 2 rings (SSSR count). The number of halogens is 3. The van der Waals surface area contributed by atoms with Gasteiger partial charge in [0.1, 0.15) is 12.2 Å². The molecule has 3 N–H and O–H groups in total. The van der Waals surface area contributed by atoms with Gasteiger partial charge in [-0.05, 0) is 18.2 Å². The third-order valence-corrected chi connectivity index (χ3v) is 2.10. The van der Waals surface area contributed by atoms with Gasteiger partial charge in [-0.25, -0.2) is 0 Å². The van der Waals surface area contributed by atoms with E-state index in [1.807, 2.05) is 0 Å². The molecule has 1 aromatic heterocycles. The molecule has 8 heteroatoms. The molecule has 0 saturated heterocycles. The van der Waals surface area contributed by atoms with Gasteiger partial charge < -0.3 is 15.4 Å². The van der Waals surface area contributed by atoms with E-state index in [4.69, 9.17) is 10.3 Å². The molecule has 0 fully saturated rings. The third-order valence-electron chi connectivity index (χ3n) is 2.10. The molecule has 0 spiro atoms. The number of aromatic nitrogens is 2. The number of nitrogen functional groups attached to an aromatic ring is 1. The highest BCUT2D eigenvalue weighted by Gasteiger charge is 2.30. The van der Waals surface area contributed by atoms with Gasteiger partial charge in [0, 0.05) is 5.56 Å². The molecular formula is C10H8F3N3O2. The second-order valence-corrected chi connectivity index (χ2v) is 3.58. The quantitative estimate of drug-likeness (QED) is 0.637. The maximum absolute atomic E-state index is 12.1. The van der Waals surface area contributed by atoms with Crippen molar-refractivity contribution in [2.24, 2.45) is 0 Å². The van der Waals surface area contributed by atoms with Gasteiger partial charge in [-0.15, -0.1) is 0 Å². The van der Waals surface area contributed by atoms with Crippen molar-refractivity contribution in [1.29, 1.82) is 0 Å². The molecular weight excluding hydrogens is 251 g/mol. The van der Waals surface area contributed by atoms with Crippen molar-refractivity contribution in [3.8, 4) is 17.2 Å². The predicted molar refractivity (Wildman–Crippen MR) is 55.6 cm³/mol. The number of benzene rings is 1. The van der Waals surface area contributed by atoms with Crippen molar-refractivity contribution in [3.05, 3.63) is 24.0 Å². The maximum atomic E-state index is 12.1. The number of nitrogens with two attached hydrogens (primary N) is 1. The Kier molecular flexibility index (Phi) is 2.85. The summed E-state index contributed by atoms with van der Waals surface area (Å²) in [6.45, 7) is 0. The average Bonchev–Trinajstić information content (AvgIpc) is 2.68. The van der Waals surface area contributed by atoms with Gasteiger partial charge in [-0.1, -0.05) is 5.16 Å². The molecule has 2 aromatic rings. The number of aromatic hydroxyl groups is 1. The van der Waals surface area contributed by atoms with Crippen molar-refractivity contribution < 1.29 is 22.8 Å². The number of hydrogen-bond donors (Lipinski definition) is 2. The number of anilines is 1. The van der Waals surface area contributed by atoms with Crippen LogP contribution in [0.5, 0.6) is 5.75 Å². The third kappa shape index (κ3) is 2.70. The van der Waals surface area contributed by atoms with Gasteiger partial charge in [-0.2, -0.15) is 18.2 Å². The highest BCUT2D eigenvalue weighted by Crippen LogP contribution is 2.27. The van der Waals surface area contributed by atoms with Crippen LogP contribution >= 0.6 is 0 Å². The minimum Gasteiger partial charge on any atom is -0.506 e. The zero-order valence-electron chi connectivity index (χ0n) is 8.90. The van der Waals surface area contributed by atoms with Crippen LogP contribution in [0.3, 0.4) is 0 Å². The predicted octanol–water partition coefficient (Wildman–Crippen LogP) is 2.13. The van der Waals surface area contributed by atoms with Gasteiger partial charge in [0.2, 0.25) is 0 Å². The normalized spacial score (nSPS) is 11.7. The molecule has 0 atom stereocenters. The number of hydrogen-bond acceptors (Lipinski definition) is 5. The van der Waals surface area contributed by atoms with E-state index in [1.54, 1.807) is 0 Å². The van der Waals surface area contributed by atoms with Crippen molar-refractivity contribution in [2.75, 3.05) is 5.73 Å². The molecule has 18 heavy (non-hydrogen) atoms. The van der Waals surface area contributed by atoms with E-state index in [9.17, 15) is 18.3 Å². The SMILES string of the molecule is Nc1cc(-c2nc(CC(F)(F)F)no2)ccc1O. The molecule has 0 aliphatic rings. The second-order valence-electron chi connectivity index (χ2n) is 3.58. The molecule has 0 amide bonds. The fourth-order valence-corrected chi connectivity index (χ4v) is 1.31. The standard InChI is InChI=1S/C10H8F3N3O2/c11-10(12,13)4-8-15-9(18-16-8)5-1-2-7(17)6(14)3-5/h1-3,17H,4,14H2. The highest BCUT2D eigenvalue weighted by atomic mass is 19.4. The molecule has 0 aliphatic carbocycles. The first-order valence-corrected chi connectivity index (χ1v) is 4.83. The molecule has 0 aliphatic heterocycles. The number of phenolic OH excluding ortho intramolecular Hbond substituents is 1. The molecule has 0 bridgehead atoms. The first-order valence-electron chi connectivity index (χ1n) is 4.83. The van der Waals surface area contributed by atoms with Crippen molar-refractivity contribution in [2.45, 2.75) is 12.6 Å². The average molecular weight is 259 g/mol. The second kappa shape index (κ2) is 4.21. The summed E-state index contributed by atoms with van der Waals surface area (Å²) in [5, 5.41) is 12.4. The van der Waals surface area contributed by atoms with Gasteiger partial charge in [0.25, 0.3) is 5.89 Å². The van der Waals surface area contributed by atoms with E-state index >= 15 is 0 Å². The molecule has 0 saturated carbocycles. The summed E-state index contributed by atoms with van der Waals surface area (Å²) in [7, 11) is 0. The first kappa shape index (κ1) is 12.2. The minimum absolute atomic E-state index is 0.0723. The lowest BCUT2D eigenvalue weighted by molar-refractivity contribution is -0.128. The number of nitrogens with zero attached hydrogens (tertiary/aromatic N) is 2. The summed E-state index contributed by atoms with van der Waals surface area (Å²) >= 11 is 0. The smallest absolute Gasteiger partial charge is 0.396 e. The Morgan fingerprint density at radius 2 is 2.06 bits per heavy atom. The van der Waals surface area contributed by atoms with Crippen molar-refractivity contribution in [1.82, 2.24) is 10.1 Å². The lowest BCUT2D eigenvalue weighted by atomic mass is 10.2. The summed E-state index contributed by atoms with van der Waals surface area (Å²) in [5.41, 5.74) is 5.86. The zero-order chi connectivity index (χ0) is 13.3. The number of rotatable bonds is 2. The van der Waals surface area contributed by atoms with E-state index in [2.05, 4.69) is 10.1 Å². The van der Waals surface area contributed by atoms with Crippen LogP contribution < -0.4 is 5.73 Å². The van der Waals surface area contributed by atoms with Crippen LogP contribution in [-0.2, 0) is 6.42 Å². The summed E-state index contributed by atoms with van der Waals surface area (Å²) in [6.07, 6.45) is -5.65. The molecule has 0 radical (unpaired) electrons.